The van der Waals surface area contributed by atoms with E-state index in [2.05, 4.69) is 20.9 Å². The number of amides is 1. The third kappa shape index (κ3) is 6.64. The number of anilines is 1. The highest BCUT2D eigenvalue weighted by atomic mass is 35.5. The number of nitrogens with one attached hydrogen (secondary N) is 3. The number of ether oxygens (including phenoxy) is 2. The lowest BCUT2D eigenvalue weighted by atomic mass is 10.1. The Kier molecular flexibility index (Phi) is 8.83. The zero-order valence-corrected chi connectivity index (χ0v) is 24.7. The largest absolute Gasteiger partial charge is 0.496 e. The molecule has 0 saturated carbocycles. The summed E-state index contributed by atoms with van der Waals surface area (Å²) >= 11 is 6.45. The van der Waals surface area contributed by atoms with Crippen LogP contribution in [0.5, 0.6) is 5.75 Å². The van der Waals surface area contributed by atoms with E-state index in [1.165, 1.54) is 0 Å². The molecule has 3 aromatic rings. The lowest BCUT2D eigenvalue weighted by Gasteiger charge is -2.26. The van der Waals surface area contributed by atoms with Crippen LogP contribution < -0.4 is 31.1 Å². The van der Waals surface area contributed by atoms with Gasteiger partial charge in [0.25, 0.3) is 5.91 Å². The van der Waals surface area contributed by atoms with E-state index in [9.17, 15) is 4.79 Å². The smallest absolute Gasteiger partial charge is 0.251 e. The minimum atomic E-state index is -0.0834. The average Bonchev–Trinajstić information content (AvgIpc) is 3.20. The molecule has 43 heavy (non-hydrogen) atoms. The number of guanidine groups is 1. The third-order valence-electron chi connectivity index (χ3n) is 7.50. The van der Waals surface area contributed by atoms with Crippen molar-refractivity contribution in [2.45, 2.75) is 6.42 Å². The monoisotopic (exact) mass is 596 g/mol. The molecule has 0 unspecified atom stereocenters. The van der Waals surface area contributed by atoms with Crippen molar-refractivity contribution in [3.8, 4) is 5.75 Å². The molecule has 220 valence electrons. The number of nitrogens with zero attached hydrogens (tertiary/aromatic N) is 3. The van der Waals surface area contributed by atoms with Gasteiger partial charge in [-0.25, -0.2) is 4.99 Å². The fourth-order valence-electron chi connectivity index (χ4n) is 5.25. The molecule has 0 aromatic heterocycles. The molecule has 1 amide bonds. The van der Waals surface area contributed by atoms with Gasteiger partial charge in [-0.15, -0.1) is 0 Å². The van der Waals surface area contributed by atoms with Gasteiger partial charge < -0.3 is 25.4 Å². The van der Waals surface area contributed by atoms with Crippen LogP contribution >= 0.6 is 11.6 Å². The van der Waals surface area contributed by atoms with Crippen molar-refractivity contribution in [1.82, 2.24) is 15.5 Å². The molecule has 0 atom stereocenters. The van der Waals surface area contributed by atoms with E-state index in [4.69, 9.17) is 31.1 Å². The van der Waals surface area contributed by atoms with Crippen molar-refractivity contribution in [1.29, 1.82) is 0 Å². The van der Waals surface area contributed by atoms with Crippen molar-refractivity contribution in [3.63, 3.8) is 0 Å². The number of carbonyl (C=O) groups excluding carboxylic acids is 1. The number of benzene rings is 3. The number of methoxy groups -OCH3 is 1. The SMILES string of the molecule is COc1ccccc1C1=c2cc(Cl)ccc2=C2N=C(Nc3ccc(C(=O)NCCCN4CCOCC4)cc3)NC=C2C=N1. The lowest BCUT2D eigenvalue weighted by Crippen LogP contribution is -2.38. The molecule has 0 aliphatic carbocycles. The minimum Gasteiger partial charge on any atom is -0.496 e. The molecule has 3 aliphatic rings. The van der Waals surface area contributed by atoms with Gasteiger partial charge in [0.05, 0.1) is 31.7 Å². The van der Waals surface area contributed by atoms with Crippen LogP contribution in [0.25, 0.3) is 11.4 Å². The van der Waals surface area contributed by atoms with Crippen LogP contribution in [0.3, 0.4) is 0 Å². The van der Waals surface area contributed by atoms with E-state index in [-0.39, 0.29) is 5.91 Å². The minimum absolute atomic E-state index is 0.0834. The first-order chi connectivity index (χ1) is 21.1. The van der Waals surface area contributed by atoms with Gasteiger partial charge in [0, 0.05) is 69.9 Å². The zero-order chi connectivity index (χ0) is 29.6. The Hall–Kier alpha value is -4.44. The maximum absolute atomic E-state index is 12.7. The maximum Gasteiger partial charge on any atom is 0.251 e. The summed E-state index contributed by atoms with van der Waals surface area (Å²) in [6, 6.07) is 20.9. The molecule has 0 spiro atoms. The summed E-state index contributed by atoms with van der Waals surface area (Å²) in [7, 11) is 1.65. The number of aliphatic imine (C=N–C) groups is 2. The number of morpholine rings is 1. The summed E-state index contributed by atoms with van der Waals surface area (Å²) in [6.07, 6.45) is 4.58. The second kappa shape index (κ2) is 13.2. The fourth-order valence-corrected chi connectivity index (χ4v) is 5.42. The molecular weight excluding hydrogens is 564 g/mol. The summed E-state index contributed by atoms with van der Waals surface area (Å²) in [5.41, 5.74) is 4.61. The standard InChI is InChI=1S/C33H33ClN6O3/c1-42-29-6-3-2-5-27(29)31-28-19-24(34)9-12-26(28)30-23(20-36-31)21-37-33(39-30)38-25-10-7-22(8-11-25)32(41)35-13-4-14-40-15-17-43-18-16-40/h2-3,5-12,19-21H,4,13-18H2,1H3,(H,35,41)(H2,37,38,39). The highest BCUT2D eigenvalue weighted by Crippen LogP contribution is 2.26. The summed E-state index contributed by atoms with van der Waals surface area (Å²) < 4.78 is 11.0. The van der Waals surface area contributed by atoms with Gasteiger partial charge in [-0.1, -0.05) is 29.8 Å². The van der Waals surface area contributed by atoms with Gasteiger partial charge in [-0.05, 0) is 61.5 Å². The maximum atomic E-state index is 12.7. The molecule has 1 fully saturated rings. The predicted octanol–water partition coefficient (Wildman–Crippen LogP) is 3.11. The Labute approximate surface area is 255 Å². The third-order valence-corrected chi connectivity index (χ3v) is 7.73. The van der Waals surface area contributed by atoms with Gasteiger partial charge in [0.2, 0.25) is 5.96 Å². The Balaban J connectivity index is 1.20. The van der Waals surface area contributed by atoms with Crippen LogP contribution in [-0.4, -0.2) is 69.5 Å². The predicted molar refractivity (Wildman–Crippen MR) is 171 cm³/mol. The summed E-state index contributed by atoms with van der Waals surface area (Å²) in [6.45, 7) is 5.07. The molecule has 10 heteroatoms. The van der Waals surface area contributed by atoms with E-state index in [0.717, 1.165) is 83.7 Å². The molecule has 6 rings (SSSR count). The number of fused-ring (bicyclic) bond motifs is 2. The molecule has 1 saturated heterocycles. The van der Waals surface area contributed by atoms with E-state index < -0.39 is 0 Å². The van der Waals surface area contributed by atoms with Crippen molar-refractivity contribution >= 4 is 46.8 Å². The van der Waals surface area contributed by atoms with E-state index in [0.29, 0.717) is 23.1 Å². The number of halogens is 1. The number of rotatable bonds is 8. The number of carbonyl (C=O) groups is 1. The van der Waals surface area contributed by atoms with Crippen LogP contribution in [0, 0.1) is 0 Å². The van der Waals surface area contributed by atoms with Gasteiger partial charge in [0.1, 0.15) is 5.75 Å². The Bertz CT molecular complexity index is 1730. The number of para-hydroxylation sites is 1. The number of hydrogen-bond acceptors (Lipinski definition) is 8. The van der Waals surface area contributed by atoms with Gasteiger partial charge >= 0.3 is 0 Å². The molecule has 3 heterocycles. The van der Waals surface area contributed by atoms with Gasteiger partial charge in [0.15, 0.2) is 0 Å². The Morgan fingerprint density at radius 2 is 1.86 bits per heavy atom. The quantitative estimate of drug-likeness (QED) is 0.346. The van der Waals surface area contributed by atoms with Crippen LogP contribution in [-0.2, 0) is 4.74 Å². The van der Waals surface area contributed by atoms with Gasteiger partial charge in [-0.3, -0.25) is 14.7 Å². The van der Waals surface area contributed by atoms with Crippen molar-refractivity contribution < 1.29 is 14.3 Å². The molecule has 0 bridgehead atoms. The molecule has 3 aliphatic heterocycles. The van der Waals surface area contributed by atoms with Crippen molar-refractivity contribution in [3.05, 3.63) is 105 Å². The van der Waals surface area contributed by atoms with E-state index in [1.807, 2.05) is 72.9 Å². The Morgan fingerprint density at radius 1 is 1.05 bits per heavy atom. The molecule has 9 nitrogen and oxygen atoms in total. The zero-order valence-electron chi connectivity index (χ0n) is 23.9. The second-order valence-corrected chi connectivity index (χ2v) is 10.8. The summed E-state index contributed by atoms with van der Waals surface area (Å²) in [5.74, 6) is 1.19. The molecule has 3 aromatic carbocycles. The fraction of sp³-hybridized carbons (Fsp3) is 0.242. The topological polar surface area (TPSA) is 99.6 Å². The highest BCUT2D eigenvalue weighted by molar-refractivity contribution is 6.30. The van der Waals surface area contributed by atoms with E-state index in [1.54, 1.807) is 13.3 Å². The van der Waals surface area contributed by atoms with Gasteiger partial charge in [-0.2, -0.15) is 0 Å². The number of hydrogen-bond donors (Lipinski definition) is 3. The van der Waals surface area contributed by atoms with Crippen LogP contribution in [0.1, 0.15) is 22.3 Å². The molecular formula is C33H33ClN6O3. The normalized spacial score (nSPS) is 16.2. The van der Waals surface area contributed by atoms with Crippen molar-refractivity contribution in [2.75, 3.05) is 51.8 Å². The lowest BCUT2D eigenvalue weighted by molar-refractivity contribution is 0.0374. The summed E-state index contributed by atoms with van der Waals surface area (Å²) in [5, 5.41) is 11.9. The average molecular weight is 597 g/mol. The molecule has 3 N–H and O–H groups in total. The first kappa shape index (κ1) is 28.7. The second-order valence-electron chi connectivity index (χ2n) is 10.3. The van der Waals surface area contributed by atoms with Crippen LogP contribution in [0.2, 0.25) is 5.02 Å². The Morgan fingerprint density at radius 3 is 2.67 bits per heavy atom. The van der Waals surface area contributed by atoms with Crippen LogP contribution in [0.15, 0.2) is 88.5 Å². The highest BCUT2D eigenvalue weighted by Gasteiger charge is 2.18. The molecule has 0 radical (unpaired) electrons. The van der Waals surface area contributed by atoms with E-state index >= 15 is 0 Å². The van der Waals surface area contributed by atoms with Crippen molar-refractivity contribution in [2.24, 2.45) is 9.98 Å². The van der Waals surface area contributed by atoms with Crippen LogP contribution in [0.4, 0.5) is 5.69 Å². The first-order valence-corrected chi connectivity index (χ1v) is 14.7. The first-order valence-electron chi connectivity index (χ1n) is 14.3. The summed E-state index contributed by atoms with van der Waals surface area (Å²) in [4.78, 5) is 24.8.